The van der Waals surface area contributed by atoms with Crippen LogP contribution in [-0.2, 0) is 0 Å². The summed E-state index contributed by atoms with van der Waals surface area (Å²) in [6, 6.07) is 2.41. The van der Waals surface area contributed by atoms with Crippen molar-refractivity contribution in [2.24, 2.45) is 11.7 Å². The van der Waals surface area contributed by atoms with Gasteiger partial charge in [0, 0.05) is 18.1 Å². The first-order valence-corrected chi connectivity index (χ1v) is 6.20. The molecule has 2 fully saturated rings. The predicted molar refractivity (Wildman–Crippen MR) is 60.2 cm³/mol. The number of rotatable bonds is 2. The van der Waals surface area contributed by atoms with Crippen molar-refractivity contribution in [3.05, 3.63) is 0 Å². The number of hydrogen-bond acceptors (Lipinski definition) is 2. The molecule has 0 aromatic rings. The molecule has 0 saturated carbocycles. The van der Waals surface area contributed by atoms with Crippen LogP contribution in [0.15, 0.2) is 0 Å². The molecule has 2 aliphatic heterocycles. The fourth-order valence-electron chi connectivity index (χ4n) is 3.57. The van der Waals surface area contributed by atoms with Crippen LogP contribution >= 0.6 is 0 Å². The van der Waals surface area contributed by atoms with Gasteiger partial charge in [0.05, 0.1) is 0 Å². The first kappa shape index (κ1) is 10.4. The van der Waals surface area contributed by atoms with Crippen LogP contribution in [0.25, 0.3) is 0 Å². The summed E-state index contributed by atoms with van der Waals surface area (Å²) in [5, 5.41) is 0. The Morgan fingerprint density at radius 3 is 2.21 bits per heavy atom. The zero-order chi connectivity index (χ0) is 10.1. The molecule has 2 heteroatoms. The molecule has 2 atom stereocenters. The van der Waals surface area contributed by atoms with Crippen LogP contribution in [0.1, 0.15) is 46.0 Å². The van der Waals surface area contributed by atoms with Crippen molar-refractivity contribution in [3.8, 4) is 0 Å². The Balaban J connectivity index is 2.07. The minimum atomic E-state index is 0.726. The highest BCUT2D eigenvalue weighted by atomic mass is 15.2. The molecule has 2 N–H and O–H groups in total. The van der Waals surface area contributed by atoms with E-state index >= 15 is 0 Å². The lowest BCUT2D eigenvalue weighted by atomic mass is 9.77. The van der Waals surface area contributed by atoms with E-state index in [0.717, 1.165) is 30.6 Å². The lowest BCUT2D eigenvalue weighted by Crippen LogP contribution is -2.55. The van der Waals surface area contributed by atoms with Crippen molar-refractivity contribution in [3.63, 3.8) is 0 Å². The molecule has 14 heavy (non-hydrogen) atoms. The monoisotopic (exact) mass is 196 g/mol. The molecule has 2 aliphatic rings. The minimum absolute atomic E-state index is 0.726. The topological polar surface area (TPSA) is 29.3 Å². The zero-order valence-electron chi connectivity index (χ0n) is 9.58. The molecular formula is C12H24N2. The van der Waals surface area contributed by atoms with Crippen molar-refractivity contribution >= 4 is 0 Å². The van der Waals surface area contributed by atoms with Gasteiger partial charge < -0.3 is 5.73 Å². The van der Waals surface area contributed by atoms with Crippen molar-refractivity contribution < 1.29 is 0 Å². The van der Waals surface area contributed by atoms with Gasteiger partial charge in [0.1, 0.15) is 0 Å². The maximum absolute atomic E-state index is 5.81. The van der Waals surface area contributed by atoms with Gasteiger partial charge in [-0.15, -0.1) is 0 Å². The van der Waals surface area contributed by atoms with E-state index in [0.29, 0.717) is 0 Å². The van der Waals surface area contributed by atoms with Crippen LogP contribution in [0.3, 0.4) is 0 Å². The summed E-state index contributed by atoms with van der Waals surface area (Å²) >= 11 is 0. The van der Waals surface area contributed by atoms with Gasteiger partial charge in [0.25, 0.3) is 0 Å². The summed E-state index contributed by atoms with van der Waals surface area (Å²) in [6.07, 6.45) is 6.96. The van der Waals surface area contributed by atoms with E-state index < -0.39 is 0 Å². The van der Waals surface area contributed by atoms with Crippen molar-refractivity contribution in [1.82, 2.24) is 4.90 Å². The van der Waals surface area contributed by atoms with Gasteiger partial charge in [0.2, 0.25) is 0 Å². The number of nitrogens with zero attached hydrogens (tertiary/aromatic N) is 1. The van der Waals surface area contributed by atoms with Crippen LogP contribution in [0.4, 0.5) is 0 Å². The lowest BCUT2D eigenvalue weighted by molar-refractivity contribution is -0.00792. The normalized spacial score (nSPS) is 39.0. The third kappa shape index (κ3) is 1.82. The van der Waals surface area contributed by atoms with E-state index in [-0.39, 0.29) is 0 Å². The largest absolute Gasteiger partial charge is 0.330 e. The van der Waals surface area contributed by atoms with Gasteiger partial charge in [-0.1, -0.05) is 6.42 Å². The van der Waals surface area contributed by atoms with E-state index in [1.54, 1.807) is 0 Å². The second kappa shape index (κ2) is 4.19. The summed E-state index contributed by atoms with van der Waals surface area (Å²) in [6.45, 7) is 5.58. The number of hydrogen-bond donors (Lipinski definition) is 1. The van der Waals surface area contributed by atoms with E-state index in [1.165, 1.54) is 32.1 Å². The summed E-state index contributed by atoms with van der Waals surface area (Å²) < 4.78 is 0. The Bertz CT molecular complexity index is 177. The lowest BCUT2D eigenvalue weighted by Gasteiger charge is -2.51. The number of piperidine rings is 2. The summed E-state index contributed by atoms with van der Waals surface area (Å²) in [7, 11) is 0. The van der Waals surface area contributed by atoms with Crippen molar-refractivity contribution in [2.75, 3.05) is 6.54 Å². The summed E-state index contributed by atoms with van der Waals surface area (Å²) in [5.41, 5.74) is 5.81. The molecule has 0 aromatic heterocycles. The molecule has 2 rings (SSSR count). The second-order valence-electron chi connectivity index (χ2n) is 5.35. The second-order valence-corrected chi connectivity index (χ2v) is 5.35. The highest BCUT2D eigenvalue weighted by Gasteiger charge is 2.38. The number of fused-ring (bicyclic) bond motifs is 2. The van der Waals surface area contributed by atoms with Gasteiger partial charge >= 0.3 is 0 Å². The molecular weight excluding hydrogens is 172 g/mol. The number of nitrogens with two attached hydrogens (primary N) is 1. The SMILES string of the molecule is CC(C)N1C2CCCC1CC(CN)C2. The van der Waals surface area contributed by atoms with E-state index in [9.17, 15) is 0 Å². The highest BCUT2D eigenvalue weighted by Crippen LogP contribution is 2.37. The molecule has 0 aromatic carbocycles. The third-order valence-corrected chi connectivity index (χ3v) is 4.06. The summed E-state index contributed by atoms with van der Waals surface area (Å²) in [5.74, 6) is 0.806. The maximum Gasteiger partial charge on any atom is 0.0104 e. The maximum atomic E-state index is 5.81. The molecule has 2 unspecified atom stereocenters. The Hall–Kier alpha value is -0.0800. The molecule has 2 bridgehead atoms. The van der Waals surface area contributed by atoms with Crippen molar-refractivity contribution in [1.29, 1.82) is 0 Å². The molecule has 2 saturated heterocycles. The van der Waals surface area contributed by atoms with E-state index in [1.807, 2.05) is 0 Å². The van der Waals surface area contributed by atoms with Crippen LogP contribution in [0.5, 0.6) is 0 Å². The first-order valence-electron chi connectivity index (χ1n) is 6.20. The summed E-state index contributed by atoms with van der Waals surface area (Å²) in [4.78, 5) is 2.76. The van der Waals surface area contributed by atoms with Crippen LogP contribution in [0.2, 0.25) is 0 Å². The highest BCUT2D eigenvalue weighted by molar-refractivity contribution is 4.93. The van der Waals surface area contributed by atoms with Gasteiger partial charge in [-0.2, -0.15) is 0 Å². The van der Waals surface area contributed by atoms with E-state index in [2.05, 4.69) is 18.7 Å². The average molecular weight is 196 g/mol. The minimum Gasteiger partial charge on any atom is -0.330 e. The molecule has 0 radical (unpaired) electrons. The first-order chi connectivity index (χ1) is 6.72. The average Bonchev–Trinajstić information content (AvgIpc) is 2.15. The Kier molecular flexibility index (Phi) is 3.13. The molecule has 2 heterocycles. The quantitative estimate of drug-likeness (QED) is 0.732. The molecule has 0 amide bonds. The van der Waals surface area contributed by atoms with Gasteiger partial charge in [-0.05, 0) is 52.0 Å². The molecule has 2 nitrogen and oxygen atoms in total. The van der Waals surface area contributed by atoms with Gasteiger partial charge in [-0.3, -0.25) is 4.90 Å². The standard InChI is InChI=1S/C12H24N2/c1-9(2)14-11-4-3-5-12(14)7-10(6-11)8-13/h9-12H,3-8,13H2,1-2H3. The fourth-order valence-corrected chi connectivity index (χ4v) is 3.57. The fraction of sp³-hybridized carbons (Fsp3) is 1.00. The third-order valence-electron chi connectivity index (χ3n) is 4.06. The van der Waals surface area contributed by atoms with E-state index in [4.69, 9.17) is 5.73 Å². The smallest absolute Gasteiger partial charge is 0.0104 e. The Morgan fingerprint density at radius 1 is 1.21 bits per heavy atom. The molecule has 0 spiro atoms. The Morgan fingerprint density at radius 2 is 1.79 bits per heavy atom. The molecule has 82 valence electrons. The van der Waals surface area contributed by atoms with Crippen LogP contribution < -0.4 is 5.73 Å². The van der Waals surface area contributed by atoms with Gasteiger partial charge in [-0.25, -0.2) is 0 Å². The molecule has 0 aliphatic carbocycles. The Labute approximate surface area is 87.8 Å². The van der Waals surface area contributed by atoms with Crippen LogP contribution in [-0.4, -0.2) is 29.6 Å². The predicted octanol–water partition coefficient (Wildman–Crippen LogP) is 1.99. The zero-order valence-corrected chi connectivity index (χ0v) is 9.58. The van der Waals surface area contributed by atoms with Gasteiger partial charge in [0.15, 0.2) is 0 Å². The van der Waals surface area contributed by atoms with Crippen LogP contribution in [0, 0.1) is 5.92 Å². The van der Waals surface area contributed by atoms with Crippen molar-refractivity contribution in [2.45, 2.75) is 64.1 Å².